The highest BCUT2D eigenvalue weighted by molar-refractivity contribution is 5.52. The summed E-state index contributed by atoms with van der Waals surface area (Å²) in [7, 11) is 0. The van der Waals surface area contributed by atoms with Gasteiger partial charge in [0.05, 0.1) is 0 Å². The summed E-state index contributed by atoms with van der Waals surface area (Å²) in [5.41, 5.74) is 4.30. The fraction of sp³-hybridized carbons (Fsp3) is 0.667. The van der Waals surface area contributed by atoms with Gasteiger partial charge in [-0.15, -0.1) is 0 Å². The minimum Gasteiger partial charge on any atom is -0.0758 e. The molecule has 0 aromatic heterocycles. The van der Waals surface area contributed by atoms with E-state index in [1.54, 1.807) is 5.56 Å². The van der Waals surface area contributed by atoms with Gasteiger partial charge in [-0.1, -0.05) is 62.1 Å². The summed E-state index contributed by atoms with van der Waals surface area (Å²) in [6.07, 6.45) is 15.5. The maximum atomic E-state index is 2.38. The molecule has 0 heteroatoms. The predicted molar refractivity (Wildman–Crippen MR) is 106 cm³/mol. The Morgan fingerprint density at radius 2 is 1.38 bits per heavy atom. The average Bonchev–Trinajstić information content (AvgIpc) is 2.62. The number of allylic oxidation sites excluding steroid dienone is 1. The van der Waals surface area contributed by atoms with Crippen molar-refractivity contribution in [3.8, 4) is 0 Å². The lowest BCUT2D eigenvalue weighted by atomic mass is 9.68. The van der Waals surface area contributed by atoms with E-state index in [0.717, 1.165) is 23.7 Å². The summed E-state index contributed by atoms with van der Waals surface area (Å²) in [5.74, 6) is 3.93. The van der Waals surface area contributed by atoms with Gasteiger partial charge in [-0.3, -0.25) is 0 Å². The Bertz CT molecular complexity index is 516. The molecule has 1 aromatic carbocycles. The molecule has 0 N–H and O–H groups in total. The standard InChI is InChI=1S/C24H36/c1-4-19-5-9-21(10-6-19)23-13-15-24(16-14-23)22-11-7-20(8-12-22)17-18(2)3/h7-8,11-12,17,19,21,23-24H,4-6,9-10,13-16H2,1-3H3. The smallest absolute Gasteiger partial charge is 0.0162 e. The van der Waals surface area contributed by atoms with Crippen LogP contribution in [0.1, 0.15) is 95.6 Å². The molecule has 0 atom stereocenters. The second kappa shape index (κ2) is 8.37. The molecule has 0 heterocycles. The van der Waals surface area contributed by atoms with Gasteiger partial charge in [-0.25, -0.2) is 0 Å². The van der Waals surface area contributed by atoms with E-state index in [2.05, 4.69) is 51.1 Å². The molecule has 2 fully saturated rings. The monoisotopic (exact) mass is 324 g/mol. The van der Waals surface area contributed by atoms with Crippen molar-refractivity contribution in [2.45, 2.75) is 84.5 Å². The van der Waals surface area contributed by atoms with Crippen LogP contribution >= 0.6 is 0 Å². The molecule has 0 amide bonds. The van der Waals surface area contributed by atoms with Crippen molar-refractivity contribution in [1.82, 2.24) is 0 Å². The van der Waals surface area contributed by atoms with E-state index in [0.29, 0.717) is 0 Å². The van der Waals surface area contributed by atoms with E-state index in [4.69, 9.17) is 0 Å². The van der Waals surface area contributed by atoms with Crippen molar-refractivity contribution >= 4 is 6.08 Å². The summed E-state index contributed by atoms with van der Waals surface area (Å²) in [6, 6.07) is 9.37. The van der Waals surface area contributed by atoms with Crippen molar-refractivity contribution in [3.63, 3.8) is 0 Å². The zero-order valence-electron chi connectivity index (χ0n) is 16.1. The normalized spacial score (nSPS) is 30.8. The topological polar surface area (TPSA) is 0 Å². The third-order valence-corrected chi connectivity index (χ3v) is 6.77. The van der Waals surface area contributed by atoms with Crippen molar-refractivity contribution in [2.75, 3.05) is 0 Å². The molecule has 3 rings (SSSR count). The lowest BCUT2D eigenvalue weighted by Gasteiger charge is -2.38. The molecule has 1 aromatic rings. The molecule has 24 heavy (non-hydrogen) atoms. The highest BCUT2D eigenvalue weighted by Gasteiger charge is 2.30. The maximum absolute atomic E-state index is 2.38. The fourth-order valence-corrected chi connectivity index (χ4v) is 5.19. The van der Waals surface area contributed by atoms with Crippen LogP contribution in [0.3, 0.4) is 0 Å². The van der Waals surface area contributed by atoms with E-state index in [1.165, 1.54) is 68.9 Å². The van der Waals surface area contributed by atoms with E-state index in [1.807, 2.05) is 0 Å². The van der Waals surface area contributed by atoms with Crippen LogP contribution in [0.15, 0.2) is 29.8 Å². The molecule has 0 bridgehead atoms. The first-order valence-corrected chi connectivity index (χ1v) is 10.4. The van der Waals surface area contributed by atoms with Crippen LogP contribution in [0, 0.1) is 17.8 Å². The zero-order chi connectivity index (χ0) is 16.9. The van der Waals surface area contributed by atoms with Crippen LogP contribution in [-0.4, -0.2) is 0 Å². The molecule has 132 valence electrons. The average molecular weight is 325 g/mol. The molecular formula is C24H36. The SMILES string of the molecule is CCC1CCC(C2CCC(c3ccc(C=C(C)C)cc3)CC2)CC1. The molecule has 2 saturated carbocycles. The summed E-state index contributed by atoms with van der Waals surface area (Å²) < 4.78 is 0. The van der Waals surface area contributed by atoms with Crippen molar-refractivity contribution in [2.24, 2.45) is 17.8 Å². The summed E-state index contributed by atoms with van der Waals surface area (Å²) in [6.45, 7) is 6.71. The van der Waals surface area contributed by atoms with Gasteiger partial charge in [-0.05, 0) is 87.2 Å². The molecule has 0 radical (unpaired) electrons. The summed E-state index contributed by atoms with van der Waals surface area (Å²) >= 11 is 0. The summed E-state index contributed by atoms with van der Waals surface area (Å²) in [4.78, 5) is 0. The van der Waals surface area contributed by atoms with Gasteiger partial charge in [0.15, 0.2) is 0 Å². The number of rotatable bonds is 4. The van der Waals surface area contributed by atoms with Gasteiger partial charge in [0.25, 0.3) is 0 Å². The van der Waals surface area contributed by atoms with Gasteiger partial charge in [-0.2, -0.15) is 0 Å². The highest BCUT2D eigenvalue weighted by Crippen LogP contribution is 2.44. The molecule has 0 unspecified atom stereocenters. The van der Waals surface area contributed by atoms with Crippen LogP contribution in [-0.2, 0) is 0 Å². The minimum absolute atomic E-state index is 0.814. The number of hydrogen-bond donors (Lipinski definition) is 0. The highest BCUT2D eigenvalue weighted by atomic mass is 14.4. The second-order valence-corrected chi connectivity index (χ2v) is 8.69. The lowest BCUT2D eigenvalue weighted by molar-refractivity contribution is 0.158. The molecule has 0 saturated heterocycles. The predicted octanol–water partition coefficient (Wildman–Crippen LogP) is 7.60. The van der Waals surface area contributed by atoms with Gasteiger partial charge < -0.3 is 0 Å². The largest absolute Gasteiger partial charge is 0.0758 e. The number of benzene rings is 1. The van der Waals surface area contributed by atoms with E-state index < -0.39 is 0 Å². The Morgan fingerprint density at radius 3 is 1.88 bits per heavy atom. The Hall–Kier alpha value is -1.04. The minimum atomic E-state index is 0.814. The Morgan fingerprint density at radius 1 is 0.833 bits per heavy atom. The third-order valence-electron chi connectivity index (χ3n) is 6.77. The van der Waals surface area contributed by atoms with E-state index >= 15 is 0 Å². The van der Waals surface area contributed by atoms with Crippen LogP contribution in [0.2, 0.25) is 0 Å². The van der Waals surface area contributed by atoms with Crippen molar-refractivity contribution in [1.29, 1.82) is 0 Å². The molecule has 2 aliphatic rings. The fourth-order valence-electron chi connectivity index (χ4n) is 5.19. The van der Waals surface area contributed by atoms with E-state index in [-0.39, 0.29) is 0 Å². The first-order chi connectivity index (χ1) is 11.7. The quantitative estimate of drug-likeness (QED) is 0.535. The van der Waals surface area contributed by atoms with Crippen molar-refractivity contribution in [3.05, 3.63) is 41.0 Å². The maximum Gasteiger partial charge on any atom is -0.0162 e. The first kappa shape index (κ1) is 17.8. The lowest BCUT2D eigenvalue weighted by Crippen LogP contribution is -2.25. The molecule has 0 nitrogen and oxygen atoms in total. The summed E-state index contributed by atoms with van der Waals surface area (Å²) in [5, 5.41) is 0. The Labute approximate surface area is 149 Å². The van der Waals surface area contributed by atoms with Crippen LogP contribution in [0.25, 0.3) is 6.08 Å². The van der Waals surface area contributed by atoms with Crippen molar-refractivity contribution < 1.29 is 0 Å². The van der Waals surface area contributed by atoms with Gasteiger partial charge in [0.2, 0.25) is 0 Å². The van der Waals surface area contributed by atoms with Gasteiger partial charge >= 0.3 is 0 Å². The van der Waals surface area contributed by atoms with Crippen LogP contribution in [0.5, 0.6) is 0 Å². The van der Waals surface area contributed by atoms with Gasteiger partial charge in [0, 0.05) is 0 Å². The van der Waals surface area contributed by atoms with Gasteiger partial charge in [0.1, 0.15) is 0 Å². The molecular weight excluding hydrogens is 288 g/mol. The van der Waals surface area contributed by atoms with Crippen LogP contribution in [0.4, 0.5) is 0 Å². The molecule has 0 aliphatic heterocycles. The zero-order valence-corrected chi connectivity index (χ0v) is 16.1. The first-order valence-electron chi connectivity index (χ1n) is 10.4. The van der Waals surface area contributed by atoms with Crippen LogP contribution < -0.4 is 0 Å². The molecule has 2 aliphatic carbocycles. The Balaban J connectivity index is 1.51. The third kappa shape index (κ3) is 4.52. The molecule has 0 spiro atoms. The van der Waals surface area contributed by atoms with E-state index in [9.17, 15) is 0 Å². The number of hydrogen-bond acceptors (Lipinski definition) is 0. The second-order valence-electron chi connectivity index (χ2n) is 8.69. The Kier molecular flexibility index (Phi) is 6.19.